The molecule has 0 N–H and O–H groups in total. The third-order valence-electron chi connectivity index (χ3n) is 11.2. The summed E-state index contributed by atoms with van der Waals surface area (Å²) in [7, 11) is 0. The van der Waals surface area contributed by atoms with Crippen molar-refractivity contribution in [2.45, 2.75) is 134 Å². The molecule has 4 heterocycles. The van der Waals surface area contributed by atoms with Gasteiger partial charge in [-0.2, -0.15) is 0 Å². The highest BCUT2D eigenvalue weighted by Crippen LogP contribution is 2.57. The molecule has 2 fully saturated rings. The van der Waals surface area contributed by atoms with E-state index in [1.807, 2.05) is 0 Å². The van der Waals surface area contributed by atoms with Crippen molar-refractivity contribution in [3.63, 3.8) is 0 Å². The quantitative estimate of drug-likeness (QED) is 0.257. The van der Waals surface area contributed by atoms with Gasteiger partial charge in [-0.05, 0) is 99.8 Å². The van der Waals surface area contributed by atoms with E-state index in [2.05, 4.69) is 94.7 Å². The van der Waals surface area contributed by atoms with Crippen LogP contribution in [0.1, 0.15) is 138 Å². The van der Waals surface area contributed by atoms with E-state index in [0.29, 0.717) is 25.7 Å². The van der Waals surface area contributed by atoms with Gasteiger partial charge in [0.15, 0.2) is 0 Å². The van der Waals surface area contributed by atoms with E-state index in [4.69, 9.17) is 0 Å². The number of rotatable bonds is 0. The van der Waals surface area contributed by atoms with Crippen molar-refractivity contribution in [3.8, 4) is 0 Å². The molecule has 0 radical (unpaired) electrons. The molecule has 0 amide bonds. The van der Waals surface area contributed by atoms with Gasteiger partial charge < -0.3 is 9.80 Å². The molecule has 4 atom stereocenters. The van der Waals surface area contributed by atoms with Crippen molar-refractivity contribution in [2.75, 3.05) is 9.80 Å². The van der Waals surface area contributed by atoms with E-state index in [-0.39, 0.29) is 17.5 Å². The van der Waals surface area contributed by atoms with Gasteiger partial charge >= 0.3 is 0 Å². The smallest absolute Gasteiger partial charge is 0.252 e. The maximum atomic E-state index is 10.3. The van der Waals surface area contributed by atoms with Crippen LogP contribution in [0.25, 0.3) is 0 Å². The monoisotopic (exact) mass is 558 g/mol. The second kappa shape index (κ2) is 8.28. The lowest BCUT2D eigenvalue weighted by atomic mass is 9.33. The summed E-state index contributed by atoms with van der Waals surface area (Å²) in [6.45, 7) is 15.7. The molecule has 4 aliphatic heterocycles. The molecule has 2 aliphatic carbocycles. The van der Waals surface area contributed by atoms with Gasteiger partial charge in [0, 0.05) is 49.3 Å². The second-order valence-electron chi connectivity index (χ2n) is 16.0. The fourth-order valence-corrected chi connectivity index (χ4v) is 9.14. The summed E-state index contributed by atoms with van der Waals surface area (Å²) in [5.74, 6) is -2.04. The lowest BCUT2D eigenvalue weighted by Crippen LogP contribution is -2.63. The number of fused-ring (bicyclic) bond motifs is 10. The molecule has 3 heteroatoms. The van der Waals surface area contributed by atoms with Crippen molar-refractivity contribution in [1.29, 1.82) is 0 Å². The van der Waals surface area contributed by atoms with Crippen LogP contribution in [0.15, 0.2) is 36.4 Å². The molecule has 0 spiro atoms. The first-order valence-corrected chi connectivity index (χ1v) is 16.6. The predicted molar refractivity (Wildman–Crippen MR) is 180 cm³/mol. The van der Waals surface area contributed by atoms with Gasteiger partial charge in [0.25, 0.3) is 6.71 Å². The number of aryl methyl sites for hydroxylation is 1. The van der Waals surface area contributed by atoms with Crippen molar-refractivity contribution >= 4 is 45.9 Å². The Balaban J connectivity index is 1.47. The van der Waals surface area contributed by atoms with Gasteiger partial charge in [-0.3, -0.25) is 0 Å². The van der Waals surface area contributed by atoms with Crippen molar-refractivity contribution in [1.82, 2.24) is 0 Å². The molecule has 216 valence electrons. The largest absolute Gasteiger partial charge is 0.338 e. The van der Waals surface area contributed by atoms with Gasteiger partial charge in [-0.15, -0.1) is 0 Å². The Bertz CT molecular complexity index is 1760. The summed E-state index contributed by atoms with van der Waals surface area (Å²) in [5, 5.41) is 0. The third-order valence-corrected chi connectivity index (χ3v) is 11.2. The summed E-state index contributed by atoms with van der Waals surface area (Å²) in [6.07, 6.45) is 6.59. The van der Waals surface area contributed by atoms with Crippen molar-refractivity contribution in [2.24, 2.45) is 0 Å². The zero-order valence-electron chi connectivity index (χ0n) is 30.6. The lowest BCUT2D eigenvalue weighted by molar-refractivity contribution is 0.401. The van der Waals surface area contributed by atoms with Crippen LogP contribution in [0.3, 0.4) is 0 Å². The van der Waals surface area contributed by atoms with Gasteiger partial charge in [0.05, 0.1) is 2.74 Å². The van der Waals surface area contributed by atoms with E-state index in [9.17, 15) is 5.48 Å². The van der Waals surface area contributed by atoms with E-state index < -0.39 is 23.8 Å². The zero-order chi connectivity index (χ0) is 32.6. The number of anilines is 4. The van der Waals surface area contributed by atoms with Crippen LogP contribution >= 0.6 is 0 Å². The van der Waals surface area contributed by atoms with E-state index in [1.165, 1.54) is 27.5 Å². The highest BCUT2D eigenvalue weighted by Gasteiger charge is 2.54. The van der Waals surface area contributed by atoms with E-state index in [0.717, 1.165) is 65.1 Å². The van der Waals surface area contributed by atoms with Crippen LogP contribution in [0.2, 0.25) is 0 Å². The fourth-order valence-electron chi connectivity index (χ4n) is 9.14. The molecule has 3 aromatic carbocycles. The summed E-state index contributed by atoms with van der Waals surface area (Å²) in [6, 6.07) is 11.7. The lowest BCUT2D eigenvalue weighted by Gasteiger charge is -2.46. The van der Waals surface area contributed by atoms with Gasteiger partial charge in [-0.25, -0.2) is 0 Å². The molecule has 0 aromatic heterocycles. The normalized spacial score (nSPS) is 34.9. The Kier molecular flexibility index (Phi) is 4.32. The van der Waals surface area contributed by atoms with E-state index in [1.54, 1.807) is 0 Å². The van der Waals surface area contributed by atoms with Crippen LogP contribution in [-0.4, -0.2) is 18.7 Å². The first kappa shape index (κ1) is 21.9. The van der Waals surface area contributed by atoms with Crippen LogP contribution < -0.4 is 26.2 Å². The summed E-state index contributed by atoms with van der Waals surface area (Å²) in [5.41, 5.74) is 13.3. The molecule has 2 saturated carbocycles. The minimum absolute atomic E-state index is 0.0788. The van der Waals surface area contributed by atoms with Crippen molar-refractivity contribution in [3.05, 3.63) is 64.2 Å². The second-order valence-corrected chi connectivity index (χ2v) is 16.0. The molecule has 9 rings (SSSR count). The van der Waals surface area contributed by atoms with Crippen LogP contribution in [-0.2, 0) is 10.8 Å². The maximum Gasteiger partial charge on any atom is 0.252 e. The Morgan fingerprint density at radius 2 is 1.07 bits per heavy atom. The summed E-state index contributed by atoms with van der Waals surface area (Å²) < 4.78 is 41.0. The maximum absolute atomic E-state index is 10.3. The minimum Gasteiger partial charge on any atom is -0.338 e. The van der Waals surface area contributed by atoms with Crippen LogP contribution in [0.5, 0.6) is 0 Å². The highest BCUT2D eigenvalue weighted by molar-refractivity contribution is 7.00. The Morgan fingerprint density at radius 1 is 0.643 bits per heavy atom. The fraction of sp³-hybridized carbons (Fsp3) is 0.538. The predicted octanol–water partition coefficient (Wildman–Crippen LogP) is 8.09. The molecule has 42 heavy (non-hydrogen) atoms. The molecule has 0 bridgehead atoms. The summed E-state index contributed by atoms with van der Waals surface area (Å²) >= 11 is 0. The molecule has 6 aliphatic rings. The van der Waals surface area contributed by atoms with Gasteiger partial charge in [0.1, 0.15) is 0 Å². The Labute approximate surface area is 259 Å². The van der Waals surface area contributed by atoms with Crippen LogP contribution in [0.4, 0.5) is 22.7 Å². The van der Waals surface area contributed by atoms with Crippen molar-refractivity contribution < 1.29 is 5.48 Å². The zero-order valence-corrected chi connectivity index (χ0v) is 26.6. The molecule has 4 unspecified atom stereocenters. The Morgan fingerprint density at radius 3 is 1.50 bits per heavy atom. The molecular weight excluding hydrogens is 507 g/mol. The minimum atomic E-state index is -1.10. The SMILES string of the molecule is [2H]C12CCCCC1([2H])N1c3cc(C)cc4c3B(c3cc(C(C)(C)C)cc2c31)c1cc(C(C)(C)C)cc2c1N4C1([2H])CCCCC21[2H]. The van der Waals surface area contributed by atoms with Crippen LogP contribution in [0, 0.1) is 6.92 Å². The first-order chi connectivity index (χ1) is 21.5. The molecule has 3 aromatic rings. The van der Waals surface area contributed by atoms with E-state index >= 15 is 0 Å². The average molecular weight is 559 g/mol. The number of hydrogen-bond acceptors (Lipinski definition) is 2. The third kappa shape index (κ3) is 3.24. The van der Waals surface area contributed by atoms with Gasteiger partial charge in [0.2, 0.25) is 0 Å². The first-order valence-electron chi connectivity index (χ1n) is 18.6. The highest BCUT2D eigenvalue weighted by atomic mass is 15.2. The molecular formula is C39H47BN2. The average Bonchev–Trinajstić information content (AvgIpc) is 3.32. The topological polar surface area (TPSA) is 6.48 Å². The Hall–Kier alpha value is -2.68. The number of nitrogens with zero attached hydrogens (tertiary/aromatic N) is 2. The number of benzene rings is 3. The molecule has 0 saturated heterocycles. The standard InChI is InChI=1S/C39H47BN2/c1-22-16-33-35-34(17-22)42-32-15-11-9-13-26(32)28-19-24(39(5,6)7)21-30(37(28)42)40(35)29-20-23(38(2,3)4)18-27-25-12-8-10-14-31(25)41(33)36(27)29/h16-21,25-26,31-32H,8-15H2,1-7H3/i25D,26D,31D,32D. The number of hydrogen-bond donors (Lipinski definition) is 0. The molecule has 2 nitrogen and oxygen atoms in total. The summed E-state index contributed by atoms with van der Waals surface area (Å²) in [4.78, 5) is 4.58. The van der Waals surface area contributed by atoms with Gasteiger partial charge in [-0.1, -0.05) is 91.5 Å².